The Balaban J connectivity index is 0.00000176. The number of hydrogen-bond donors (Lipinski definition) is 1. The van der Waals surface area contributed by atoms with E-state index in [-0.39, 0.29) is 35.5 Å². The number of hydrogen-bond acceptors (Lipinski definition) is 2. The highest BCUT2D eigenvalue weighted by atomic mass is 35.5. The van der Waals surface area contributed by atoms with Crippen LogP contribution >= 0.6 is 12.4 Å². The van der Waals surface area contributed by atoms with E-state index in [1.807, 2.05) is 0 Å². The first kappa shape index (κ1) is 17.2. The summed E-state index contributed by atoms with van der Waals surface area (Å²) in [6, 6.07) is 2.22. The highest BCUT2D eigenvalue weighted by molar-refractivity contribution is 5.95. The second kappa shape index (κ2) is 6.50. The average molecular weight is 331 g/mol. The number of carbonyl (C=O) groups excluding carboxylic acids is 1. The van der Waals surface area contributed by atoms with E-state index < -0.39 is 11.6 Å². The topological polar surface area (TPSA) is 46.3 Å². The molecule has 2 fully saturated rings. The van der Waals surface area contributed by atoms with Gasteiger partial charge >= 0.3 is 0 Å². The zero-order valence-corrected chi connectivity index (χ0v) is 13.3. The van der Waals surface area contributed by atoms with Crippen LogP contribution in [0, 0.1) is 30.4 Å². The van der Waals surface area contributed by atoms with Gasteiger partial charge in [-0.25, -0.2) is 8.78 Å². The molecule has 1 saturated carbocycles. The molecule has 22 heavy (non-hydrogen) atoms. The molecule has 122 valence electrons. The molecule has 0 bridgehead atoms. The molecule has 0 radical (unpaired) electrons. The maximum Gasteiger partial charge on any atom is 0.256 e. The summed E-state index contributed by atoms with van der Waals surface area (Å²) >= 11 is 0. The van der Waals surface area contributed by atoms with Crippen molar-refractivity contribution in [3.05, 3.63) is 34.9 Å². The molecule has 0 spiro atoms. The van der Waals surface area contributed by atoms with E-state index in [2.05, 4.69) is 0 Å². The van der Waals surface area contributed by atoms with Crippen molar-refractivity contribution in [1.29, 1.82) is 0 Å². The summed E-state index contributed by atoms with van der Waals surface area (Å²) in [6.07, 6.45) is 3.16. The summed E-state index contributed by atoms with van der Waals surface area (Å²) in [6.45, 7) is 2.75. The van der Waals surface area contributed by atoms with Gasteiger partial charge in [-0.2, -0.15) is 0 Å². The molecule has 1 aliphatic carbocycles. The number of aryl methyl sites for hydroxylation is 1. The number of halogens is 3. The summed E-state index contributed by atoms with van der Waals surface area (Å²) in [4.78, 5) is 14.2. The predicted octanol–water partition coefficient (Wildman–Crippen LogP) is 2.89. The third-order valence-electron chi connectivity index (χ3n) is 4.92. The first-order chi connectivity index (χ1) is 9.97. The monoisotopic (exact) mass is 330 g/mol. The van der Waals surface area contributed by atoms with Gasteiger partial charge in [-0.15, -0.1) is 12.4 Å². The number of amides is 1. The molecule has 3 atom stereocenters. The van der Waals surface area contributed by atoms with Gasteiger partial charge in [0.15, 0.2) is 0 Å². The molecular weight excluding hydrogens is 310 g/mol. The maximum atomic E-state index is 13.9. The molecule has 0 aromatic heterocycles. The molecule has 1 aromatic rings. The van der Waals surface area contributed by atoms with Crippen molar-refractivity contribution in [2.24, 2.45) is 17.6 Å². The fourth-order valence-corrected chi connectivity index (χ4v) is 3.67. The number of fused-ring (bicyclic) bond motifs is 1. The minimum Gasteiger partial charge on any atom is -0.338 e. The van der Waals surface area contributed by atoms with E-state index in [9.17, 15) is 13.6 Å². The lowest BCUT2D eigenvalue weighted by molar-refractivity contribution is 0.0778. The molecule has 2 aliphatic rings. The number of benzene rings is 1. The highest BCUT2D eigenvalue weighted by Gasteiger charge is 2.40. The Morgan fingerprint density at radius 1 is 1.23 bits per heavy atom. The van der Waals surface area contributed by atoms with Gasteiger partial charge in [0, 0.05) is 25.2 Å². The molecule has 6 heteroatoms. The zero-order chi connectivity index (χ0) is 15.1. The lowest BCUT2D eigenvalue weighted by Gasteiger charge is -2.29. The Labute approximate surface area is 135 Å². The molecule has 3 nitrogen and oxygen atoms in total. The van der Waals surface area contributed by atoms with Gasteiger partial charge in [-0.05, 0) is 43.2 Å². The average Bonchev–Trinajstić information content (AvgIpc) is 2.87. The summed E-state index contributed by atoms with van der Waals surface area (Å²) in [7, 11) is 0. The van der Waals surface area contributed by atoms with Crippen LogP contribution in [0.25, 0.3) is 0 Å². The Morgan fingerprint density at radius 2 is 1.95 bits per heavy atom. The largest absolute Gasteiger partial charge is 0.338 e. The van der Waals surface area contributed by atoms with E-state index in [4.69, 9.17) is 5.73 Å². The van der Waals surface area contributed by atoms with Crippen LogP contribution in [-0.2, 0) is 0 Å². The van der Waals surface area contributed by atoms with Crippen molar-refractivity contribution in [2.75, 3.05) is 13.1 Å². The van der Waals surface area contributed by atoms with Crippen LogP contribution in [0.4, 0.5) is 8.78 Å². The molecule has 1 aromatic carbocycles. The Hall–Kier alpha value is -1.20. The standard InChI is InChI=1S/C16H20F2N2O.ClH/c1-9-5-11(14(18)6-13(9)17)16(21)20-7-10-3-2-4-15(19)12(10)8-20;/h5-6,10,12,15H,2-4,7-8,19H2,1H3;1H. The summed E-state index contributed by atoms with van der Waals surface area (Å²) in [5.41, 5.74) is 6.38. The lowest BCUT2D eigenvalue weighted by atomic mass is 9.78. The van der Waals surface area contributed by atoms with E-state index in [1.54, 1.807) is 4.90 Å². The Bertz CT molecular complexity index is 582. The van der Waals surface area contributed by atoms with Crippen molar-refractivity contribution in [2.45, 2.75) is 32.2 Å². The molecule has 3 rings (SSSR count). The van der Waals surface area contributed by atoms with Crippen LogP contribution in [0.15, 0.2) is 12.1 Å². The SMILES string of the molecule is Cc1cc(C(=O)N2CC3CCCC(N)C3C2)c(F)cc1F.Cl. The van der Waals surface area contributed by atoms with Crippen LogP contribution in [0.5, 0.6) is 0 Å². The smallest absolute Gasteiger partial charge is 0.256 e. The third-order valence-corrected chi connectivity index (χ3v) is 4.92. The normalized spacial score (nSPS) is 27.3. The van der Waals surface area contributed by atoms with Crippen molar-refractivity contribution in [1.82, 2.24) is 4.90 Å². The highest BCUT2D eigenvalue weighted by Crippen LogP contribution is 2.36. The quantitative estimate of drug-likeness (QED) is 0.860. The van der Waals surface area contributed by atoms with Gasteiger partial charge in [0.1, 0.15) is 11.6 Å². The van der Waals surface area contributed by atoms with Crippen LogP contribution in [0.1, 0.15) is 35.2 Å². The molecule has 1 amide bonds. The van der Waals surface area contributed by atoms with Gasteiger partial charge < -0.3 is 10.6 Å². The first-order valence-electron chi connectivity index (χ1n) is 7.48. The number of likely N-dealkylation sites (tertiary alicyclic amines) is 1. The third kappa shape index (κ3) is 2.97. The number of nitrogens with two attached hydrogens (primary N) is 1. The Morgan fingerprint density at radius 3 is 2.64 bits per heavy atom. The molecule has 1 saturated heterocycles. The number of carbonyl (C=O) groups is 1. The molecular formula is C16H21ClF2N2O. The molecule has 2 N–H and O–H groups in total. The van der Waals surface area contributed by atoms with Crippen molar-refractivity contribution in [3.63, 3.8) is 0 Å². The fraction of sp³-hybridized carbons (Fsp3) is 0.562. The van der Waals surface area contributed by atoms with E-state index in [0.717, 1.165) is 25.3 Å². The van der Waals surface area contributed by atoms with E-state index in [1.165, 1.54) is 13.0 Å². The first-order valence-corrected chi connectivity index (χ1v) is 7.48. The van der Waals surface area contributed by atoms with Crippen LogP contribution < -0.4 is 5.73 Å². The van der Waals surface area contributed by atoms with Gasteiger partial charge in [0.25, 0.3) is 5.91 Å². The van der Waals surface area contributed by atoms with E-state index in [0.29, 0.717) is 24.9 Å². The maximum absolute atomic E-state index is 13.9. The second-order valence-corrected chi connectivity index (χ2v) is 6.31. The molecule has 1 aliphatic heterocycles. The summed E-state index contributed by atoms with van der Waals surface area (Å²) < 4.78 is 27.2. The van der Waals surface area contributed by atoms with Gasteiger partial charge in [-0.3, -0.25) is 4.79 Å². The molecule has 3 unspecified atom stereocenters. The van der Waals surface area contributed by atoms with Crippen LogP contribution in [-0.4, -0.2) is 29.9 Å². The minimum atomic E-state index is -0.790. The zero-order valence-electron chi connectivity index (χ0n) is 12.5. The predicted molar refractivity (Wildman–Crippen MR) is 83.1 cm³/mol. The number of rotatable bonds is 1. The lowest BCUT2D eigenvalue weighted by Crippen LogP contribution is -2.38. The van der Waals surface area contributed by atoms with Crippen molar-refractivity contribution in [3.8, 4) is 0 Å². The summed E-state index contributed by atoms with van der Waals surface area (Å²) in [5.74, 6) is -1.03. The van der Waals surface area contributed by atoms with Crippen LogP contribution in [0.3, 0.4) is 0 Å². The molecule has 1 heterocycles. The van der Waals surface area contributed by atoms with Gasteiger partial charge in [0.05, 0.1) is 5.56 Å². The minimum absolute atomic E-state index is 0. The summed E-state index contributed by atoms with van der Waals surface area (Å²) in [5, 5.41) is 0. The van der Waals surface area contributed by atoms with E-state index >= 15 is 0 Å². The Kier molecular flexibility index (Phi) is 5.07. The fourth-order valence-electron chi connectivity index (χ4n) is 3.67. The van der Waals surface area contributed by atoms with Gasteiger partial charge in [-0.1, -0.05) is 6.42 Å². The second-order valence-electron chi connectivity index (χ2n) is 6.31. The van der Waals surface area contributed by atoms with Crippen molar-refractivity contribution < 1.29 is 13.6 Å². The van der Waals surface area contributed by atoms with Crippen molar-refractivity contribution >= 4 is 18.3 Å². The van der Waals surface area contributed by atoms with Crippen LogP contribution in [0.2, 0.25) is 0 Å². The van der Waals surface area contributed by atoms with Gasteiger partial charge in [0.2, 0.25) is 0 Å². The number of nitrogens with zero attached hydrogens (tertiary/aromatic N) is 1.